The van der Waals surface area contributed by atoms with E-state index in [0.717, 1.165) is 23.5 Å². The molecular formula is C22H26FN7O2. The molecule has 3 rings (SSSR count). The summed E-state index contributed by atoms with van der Waals surface area (Å²) in [6.45, 7) is 8.23. The van der Waals surface area contributed by atoms with Crippen molar-refractivity contribution in [3.05, 3.63) is 41.8 Å². The van der Waals surface area contributed by atoms with Gasteiger partial charge in [-0.15, -0.1) is 0 Å². The zero-order valence-electron chi connectivity index (χ0n) is 18.3. The van der Waals surface area contributed by atoms with Gasteiger partial charge in [-0.2, -0.15) is 10.4 Å². The normalized spacial score (nSPS) is 12.9. The first-order valence-electron chi connectivity index (χ1n) is 10.3. The average Bonchev–Trinajstić information content (AvgIpc) is 3.15. The minimum absolute atomic E-state index is 0.0254. The zero-order chi connectivity index (χ0) is 23.4. The summed E-state index contributed by atoms with van der Waals surface area (Å²) in [6.07, 6.45) is 0.590. The third-order valence-corrected chi connectivity index (χ3v) is 5.21. The van der Waals surface area contributed by atoms with Gasteiger partial charge in [0, 0.05) is 29.7 Å². The molecule has 1 aromatic carbocycles. The molecule has 0 aliphatic rings. The van der Waals surface area contributed by atoms with Crippen molar-refractivity contribution in [2.75, 3.05) is 10.6 Å². The number of hydrogen-bond donors (Lipinski definition) is 4. The fraction of sp³-hybridized carbons (Fsp3) is 0.364. The lowest BCUT2D eigenvalue weighted by molar-refractivity contribution is 0.188. The Morgan fingerprint density at radius 3 is 2.66 bits per heavy atom. The molecular weight excluding hydrogens is 413 g/mol. The van der Waals surface area contributed by atoms with E-state index in [2.05, 4.69) is 26.0 Å². The van der Waals surface area contributed by atoms with Crippen molar-refractivity contribution in [2.45, 2.75) is 46.3 Å². The monoisotopic (exact) mass is 439 g/mol. The molecule has 0 aliphatic carbocycles. The van der Waals surface area contributed by atoms with E-state index >= 15 is 0 Å². The quantitative estimate of drug-likeness (QED) is 0.412. The van der Waals surface area contributed by atoms with E-state index in [9.17, 15) is 14.4 Å². The number of aromatic nitrogens is 3. The Morgan fingerprint density at radius 1 is 1.28 bits per heavy atom. The number of nitrogens with one attached hydrogen (secondary N) is 3. The second-order valence-corrected chi connectivity index (χ2v) is 7.84. The highest BCUT2D eigenvalue weighted by molar-refractivity contribution is 5.83. The van der Waals surface area contributed by atoms with Crippen molar-refractivity contribution < 1.29 is 14.3 Å². The Bertz CT molecular complexity index is 1170. The molecule has 2 heterocycles. The highest BCUT2D eigenvalue weighted by atomic mass is 19.1. The molecule has 0 spiro atoms. The van der Waals surface area contributed by atoms with Gasteiger partial charge in [0.1, 0.15) is 6.07 Å². The molecule has 0 bridgehead atoms. The molecule has 2 atom stereocenters. The lowest BCUT2D eigenvalue weighted by Crippen LogP contribution is -2.47. The molecule has 4 N–H and O–H groups in total. The first-order valence-corrected chi connectivity index (χ1v) is 10.3. The SMILES string of the molecule is CCn1ncc2cc(Nc3nc(N[C@@H](C(C)C)[C@H](C)NC(=O)O)c(F)cc3C#N)ccc21. The summed E-state index contributed by atoms with van der Waals surface area (Å²) in [4.78, 5) is 15.3. The number of fused-ring (bicyclic) bond motifs is 1. The maximum Gasteiger partial charge on any atom is 0.404 e. The van der Waals surface area contributed by atoms with Crippen molar-refractivity contribution in [3.8, 4) is 6.07 Å². The second-order valence-electron chi connectivity index (χ2n) is 7.84. The lowest BCUT2D eigenvalue weighted by atomic mass is 9.97. The minimum atomic E-state index is -1.16. The Balaban J connectivity index is 1.92. The third-order valence-electron chi connectivity index (χ3n) is 5.21. The maximum atomic E-state index is 14.7. The van der Waals surface area contributed by atoms with Crippen LogP contribution in [0.15, 0.2) is 30.5 Å². The molecule has 32 heavy (non-hydrogen) atoms. The number of carbonyl (C=O) groups is 1. The summed E-state index contributed by atoms with van der Waals surface area (Å²) < 4.78 is 16.6. The smallest absolute Gasteiger partial charge is 0.404 e. The number of aryl methyl sites for hydroxylation is 1. The van der Waals surface area contributed by atoms with E-state index < -0.39 is 24.0 Å². The van der Waals surface area contributed by atoms with Gasteiger partial charge < -0.3 is 21.1 Å². The van der Waals surface area contributed by atoms with Crippen LogP contribution in [0.25, 0.3) is 10.9 Å². The number of halogens is 1. The summed E-state index contributed by atoms with van der Waals surface area (Å²) in [6, 6.07) is 7.77. The van der Waals surface area contributed by atoms with Crippen LogP contribution < -0.4 is 16.0 Å². The number of carboxylic acid groups (broad SMARTS) is 1. The number of anilines is 3. The van der Waals surface area contributed by atoms with Crippen LogP contribution in [0.1, 0.15) is 33.3 Å². The Morgan fingerprint density at radius 2 is 2.03 bits per heavy atom. The van der Waals surface area contributed by atoms with Crippen molar-refractivity contribution in [1.29, 1.82) is 5.26 Å². The predicted molar refractivity (Wildman–Crippen MR) is 120 cm³/mol. The molecule has 1 amide bonds. The van der Waals surface area contributed by atoms with Crippen LogP contribution in [0, 0.1) is 23.1 Å². The molecule has 9 nitrogen and oxygen atoms in total. The molecule has 0 unspecified atom stereocenters. The van der Waals surface area contributed by atoms with Crippen LogP contribution >= 0.6 is 0 Å². The van der Waals surface area contributed by atoms with Gasteiger partial charge in [-0.1, -0.05) is 13.8 Å². The average molecular weight is 439 g/mol. The molecule has 10 heteroatoms. The highest BCUT2D eigenvalue weighted by Crippen LogP contribution is 2.27. The van der Waals surface area contributed by atoms with Gasteiger partial charge in [0.15, 0.2) is 17.5 Å². The number of pyridine rings is 1. The van der Waals surface area contributed by atoms with Gasteiger partial charge in [0.05, 0.1) is 17.3 Å². The fourth-order valence-corrected chi connectivity index (χ4v) is 3.64. The summed E-state index contributed by atoms with van der Waals surface area (Å²) in [5.74, 6) is -0.591. The predicted octanol–water partition coefficient (Wildman–Crippen LogP) is 4.30. The van der Waals surface area contributed by atoms with Gasteiger partial charge in [0.2, 0.25) is 0 Å². The standard InChI is InChI=1S/C22H26FN7O2/c1-5-30-18-7-6-16(8-15(18)11-25-30)27-20-14(10-24)9-17(23)21(29-20)28-19(12(2)3)13(4)26-22(31)32/h6-9,11-13,19,26H,5H2,1-4H3,(H,31,32)(H2,27,28,29)/t13-,19-/m0/s1. The number of nitrogens with zero attached hydrogens (tertiary/aromatic N) is 4. The molecule has 3 aromatic rings. The first-order chi connectivity index (χ1) is 15.2. The van der Waals surface area contributed by atoms with Crippen molar-refractivity contribution >= 4 is 34.3 Å². The Hall–Kier alpha value is -3.87. The van der Waals surface area contributed by atoms with Crippen LogP contribution in [-0.2, 0) is 6.54 Å². The number of rotatable bonds is 8. The molecule has 2 aromatic heterocycles. The molecule has 0 radical (unpaired) electrons. The molecule has 168 valence electrons. The topological polar surface area (TPSA) is 128 Å². The second kappa shape index (κ2) is 9.51. The van der Waals surface area contributed by atoms with Gasteiger partial charge in [-0.25, -0.2) is 14.2 Å². The Kier molecular flexibility index (Phi) is 6.78. The van der Waals surface area contributed by atoms with Crippen molar-refractivity contribution in [2.24, 2.45) is 5.92 Å². The van der Waals surface area contributed by atoms with E-state index in [1.165, 1.54) is 0 Å². The molecule has 0 aliphatic heterocycles. The van der Waals surface area contributed by atoms with Gasteiger partial charge in [-0.05, 0) is 44.0 Å². The van der Waals surface area contributed by atoms with E-state index in [0.29, 0.717) is 5.69 Å². The van der Waals surface area contributed by atoms with Crippen molar-refractivity contribution in [1.82, 2.24) is 20.1 Å². The largest absolute Gasteiger partial charge is 0.465 e. The highest BCUT2D eigenvalue weighted by Gasteiger charge is 2.24. The van der Waals surface area contributed by atoms with E-state index in [-0.39, 0.29) is 23.1 Å². The molecule has 0 saturated heterocycles. The van der Waals surface area contributed by atoms with Gasteiger partial charge in [-0.3, -0.25) is 4.68 Å². The maximum absolute atomic E-state index is 14.7. The van der Waals surface area contributed by atoms with E-state index in [1.54, 1.807) is 13.1 Å². The fourth-order valence-electron chi connectivity index (χ4n) is 3.64. The minimum Gasteiger partial charge on any atom is -0.465 e. The number of hydrogen-bond acceptors (Lipinski definition) is 6. The van der Waals surface area contributed by atoms with Crippen LogP contribution in [0.2, 0.25) is 0 Å². The lowest BCUT2D eigenvalue weighted by Gasteiger charge is -2.29. The molecule has 0 saturated carbocycles. The third kappa shape index (κ3) is 4.88. The van der Waals surface area contributed by atoms with Crippen LogP contribution in [0.5, 0.6) is 0 Å². The van der Waals surface area contributed by atoms with Crippen LogP contribution in [0.3, 0.4) is 0 Å². The first kappa shape index (κ1) is 22.8. The number of nitriles is 1. The van der Waals surface area contributed by atoms with Gasteiger partial charge >= 0.3 is 6.09 Å². The van der Waals surface area contributed by atoms with E-state index in [1.807, 2.05) is 49.7 Å². The van der Waals surface area contributed by atoms with Crippen LogP contribution in [0.4, 0.5) is 26.5 Å². The zero-order valence-corrected chi connectivity index (χ0v) is 18.3. The van der Waals surface area contributed by atoms with E-state index in [4.69, 9.17) is 5.11 Å². The summed E-state index contributed by atoms with van der Waals surface area (Å²) in [5, 5.41) is 32.2. The van der Waals surface area contributed by atoms with Crippen LogP contribution in [-0.4, -0.2) is 38.0 Å². The van der Waals surface area contributed by atoms with Gasteiger partial charge in [0.25, 0.3) is 0 Å². The summed E-state index contributed by atoms with van der Waals surface area (Å²) in [5.41, 5.74) is 1.71. The molecule has 0 fully saturated rings. The summed E-state index contributed by atoms with van der Waals surface area (Å²) >= 11 is 0. The number of amides is 1. The van der Waals surface area contributed by atoms with Crippen molar-refractivity contribution in [3.63, 3.8) is 0 Å². The number of benzene rings is 1. The Labute approximate surface area is 185 Å². The summed E-state index contributed by atoms with van der Waals surface area (Å²) in [7, 11) is 0.